The predicted molar refractivity (Wildman–Crippen MR) is 95.7 cm³/mol. The summed E-state index contributed by atoms with van der Waals surface area (Å²) in [6, 6.07) is 9.29. The molecule has 4 aromatic heterocycles. The molecule has 4 heterocycles. The van der Waals surface area contributed by atoms with Crippen LogP contribution in [0.4, 0.5) is 0 Å². The summed E-state index contributed by atoms with van der Waals surface area (Å²) in [6.07, 6.45) is 1.61. The number of rotatable bonds is 5. The van der Waals surface area contributed by atoms with Crippen LogP contribution in [0, 0.1) is 0 Å². The van der Waals surface area contributed by atoms with E-state index in [1.54, 1.807) is 28.6 Å². The maximum absolute atomic E-state index is 5.92. The number of benzene rings is 1. The van der Waals surface area contributed by atoms with Gasteiger partial charge in [-0.2, -0.15) is 9.61 Å². The highest BCUT2D eigenvalue weighted by atomic mass is 16.6. The summed E-state index contributed by atoms with van der Waals surface area (Å²) in [5, 5.41) is 22.9. The van der Waals surface area contributed by atoms with E-state index < -0.39 is 0 Å². The Kier molecular flexibility index (Phi) is 3.64. The Bertz CT molecular complexity index is 1290. The van der Waals surface area contributed by atoms with Gasteiger partial charge in [-0.15, -0.1) is 15.3 Å². The van der Waals surface area contributed by atoms with Crippen LogP contribution in [0.3, 0.4) is 0 Å². The van der Waals surface area contributed by atoms with Gasteiger partial charge in [0.2, 0.25) is 11.7 Å². The van der Waals surface area contributed by atoms with Gasteiger partial charge in [0.15, 0.2) is 23.8 Å². The minimum Gasteiger partial charge on any atom is -0.468 e. The second-order valence-electron chi connectivity index (χ2n) is 5.97. The number of fused-ring (bicyclic) bond motifs is 3. The van der Waals surface area contributed by atoms with Crippen LogP contribution in [0.25, 0.3) is 27.9 Å². The van der Waals surface area contributed by atoms with Crippen molar-refractivity contribution < 1.29 is 14.0 Å². The molecular formula is C17H14N8O3. The highest BCUT2D eigenvalue weighted by Gasteiger charge is 2.19. The third kappa shape index (κ3) is 2.60. The van der Waals surface area contributed by atoms with Gasteiger partial charge in [0.25, 0.3) is 0 Å². The molecule has 11 heteroatoms. The van der Waals surface area contributed by atoms with E-state index in [4.69, 9.17) is 14.0 Å². The van der Waals surface area contributed by atoms with Crippen LogP contribution in [-0.4, -0.2) is 46.8 Å². The standard InChI is InChI=1S/C17H14N8O3/c1-24-9-18-13(21-24)8-27-17-11-6-4-3-5-10(11)15-19-20-16(25(15)22-17)12-7-14(26-2)28-23-12/h3-7,9H,8H2,1-2H3. The Hall–Kier alpha value is -4.02. The van der Waals surface area contributed by atoms with E-state index in [2.05, 4.69) is 30.5 Å². The number of methoxy groups -OCH3 is 1. The molecule has 0 aliphatic rings. The van der Waals surface area contributed by atoms with E-state index in [0.29, 0.717) is 28.9 Å². The van der Waals surface area contributed by atoms with Crippen LogP contribution in [0.15, 0.2) is 41.2 Å². The van der Waals surface area contributed by atoms with Gasteiger partial charge in [-0.05, 0) is 6.07 Å². The lowest BCUT2D eigenvalue weighted by molar-refractivity contribution is 0.261. The van der Waals surface area contributed by atoms with E-state index >= 15 is 0 Å². The fourth-order valence-electron chi connectivity index (χ4n) is 2.86. The Morgan fingerprint density at radius 2 is 1.96 bits per heavy atom. The van der Waals surface area contributed by atoms with Crippen molar-refractivity contribution in [3.8, 4) is 23.3 Å². The van der Waals surface area contributed by atoms with Crippen LogP contribution in [-0.2, 0) is 13.7 Å². The van der Waals surface area contributed by atoms with Gasteiger partial charge in [-0.25, -0.2) is 4.98 Å². The molecule has 11 nitrogen and oxygen atoms in total. The molecule has 0 N–H and O–H groups in total. The van der Waals surface area contributed by atoms with Gasteiger partial charge < -0.3 is 14.0 Å². The van der Waals surface area contributed by atoms with Crippen LogP contribution in [0.5, 0.6) is 11.8 Å². The van der Waals surface area contributed by atoms with Crippen LogP contribution in [0.2, 0.25) is 0 Å². The molecule has 5 aromatic rings. The van der Waals surface area contributed by atoms with Crippen molar-refractivity contribution in [1.29, 1.82) is 0 Å². The van der Waals surface area contributed by atoms with Crippen molar-refractivity contribution in [2.24, 2.45) is 7.05 Å². The Morgan fingerprint density at radius 3 is 2.71 bits per heavy atom. The summed E-state index contributed by atoms with van der Waals surface area (Å²) < 4.78 is 19.2. The zero-order valence-corrected chi connectivity index (χ0v) is 15.0. The van der Waals surface area contributed by atoms with Gasteiger partial charge in [0.05, 0.1) is 13.2 Å². The minimum atomic E-state index is 0.179. The number of aryl methyl sites for hydroxylation is 1. The van der Waals surface area contributed by atoms with Gasteiger partial charge in [-0.3, -0.25) is 4.68 Å². The molecule has 28 heavy (non-hydrogen) atoms. The molecule has 0 aliphatic heterocycles. The molecule has 0 amide bonds. The number of hydrogen-bond donors (Lipinski definition) is 0. The molecule has 1 aromatic carbocycles. The minimum absolute atomic E-state index is 0.179. The van der Waals surface area contributed by atoms with Crippen LogP contribution in [0.1, 0.15) is 5.82 Å². The third-order valence-corrected chi connectivity index (χ3v) is 4.13. The van der Waals surface area contributed by atoms with Crippen molar-refractivity contribution in [3.63, 3.8) is 0 Å². The van der Waals surface area contributed by atoms with Crippen molar-refractivity contribution in [2.45, 2.75) is 6.61 Å². The monoisotopic (exact) mass is 378 g/mol. The average molecular weight is 378 g/mol. The third-order valence-electron chi connectivity index (χ3n) is 4.13. The zero-order valence-electron chi connectivity index (χ0n) is 15.0. The van der Waals surface area contributed by atoms with E-state index in [1.807, 2.05) is 24.3 Å². The first-order valence-corrected chi connectivity index (χ1v) is 8.35. The Labute approximate surface area is 157 Å². The number of ether oxygens (including phenoxy) is 2. The molecule has 0 saturated carbocycles. The van der Waals surface area contributed by atoms with Crippen LogP contribution >= 0.6 is 0 Å². The molecule has 140 valence electrons. The molecule has 0 saturated heterocycles. The molecule has 0 fully saturated rings. The van der Waals surface area contributed by atoms with Gasteiger partial charge in [0, 0.05) is 17.8 Å². The highest BCUT2D eigenvalue weighted by molar-refractivity contribution is 5.96. The molecule has 0 unspecified atom stereocenters. The molecular weight excluding hydrogens is 364 g/mol. The van der Waals surface area contributed by atoms with Gasteiger partial charge in [-0.1, -0.05) is 23.4 Å². The predicted octanol–water partition coefficient (Wildman–Crippen LogP) is 1.65. The lowest BCUT2D eigenvalue weighted by Gasteiger charge is -2.08. The maximum Gasteiger partial charge on any atom is 0.311 e. The first kappa shape index (κ1) is 16.2. The van der Waals surface area contributed by atoms with E-state index in [9.17, 15) is 0 Å². The zero-order chi connectivity index (χ0) is 19.1. The number of aromatic nitrogens is 8. The second-order valence-corrected chi connectivity index (χ2v) is 5.97. The molecule has 0 aliphatic carbocycles. The maximum atomic E-state index is 5.92. The fourth-order valence-corrected chi connectivity index (χ4v) is 2.86. The van der Waals surface area contributed by atoms with E-state index in [0.717, 1.165) is 10.8 Å². The average Bonchev–Trinajstić information content (AvgIpc) is 3.45. The molecule has 0 atom stereocenters. The first-order valence-electron chi connectivity index (χ1n) is 8.35. The normalized spacial score (nSPS) is 11.4. The van der Waals surface area contributed by atoms with Crippen molar-refractivity contribution in [3.05, 3.63) is 42.5 Å². The Balaban J connectivity index is 1.64. The lowest BCUT2D eigenvalue weighted by Crippen LogP contribution is -2.04. The molecule has 0 spiro atoms. The van der Waals surface area contributed by atoms with Crippen LogP contribution < -0.4 is 9.47 Å². The Morgan fingerprint density at radius 1 is 1.11 bits per heavy atom. The lowest BCUT2D eigenvalue weighted by atomic mass is 10.2. The summed E-state index contributed by atoms with van der Waals surface area (Å²) in [4.78, 5) is 4.17. The van der Waals surface area contributed by atoms with E-state index in [1.165, 1.54) is 7.11 Å². The smallest absolute Gasteiger partial charge is 0.311 e. The van der Waals surface area contributed by atoms with Crippen molar-refractivity contribution >= 4 is 16.4 Å². The summed E-state index contributed by atoms with van der Waals surface area (Å²) in [7, 11) is 3.29. The first-order chi connectivity index (χ1) is 13.7. The molecule has 5 rings (SSSR count). The van der Waals surface area contributed by atoms with Gasteiger partial charge >= 0.3 is 5.95 Å². The fraction of sp³-hybridized carbons (Fsp3) is 0.176. The van der Waals surface area contributed by atoms with Crippen molar-refractivity contribution in [1.82, 2.24) is 39.7 Å². The summed E-state index contributed by atoms with van der Waals surface area (Å²) in [5.41, 5.74) is 1.03. The number of hydrogen-bond acceptors (Lipinski definition) is 9. The molecule has 0 radical (unpaired) electrons. The number of nitrogens with zero attached hydrogens (tertiary/aromatic N) is 8. The summed E-state index contributed by atoms with van der Waals surface area (Å²) in [6.45, 7) is 0.179. The van der Waals surface area contributed by atoms with E-state index in [-0.39, 0.29) is 12.6 Å². The molecule has 0 bridgehead atoms. The second kappa shape index (κ2) is 6.30. The summed E-state index contributed by atoms with van der Waals surface area (Å²) in [5.74, 6) is 1.64. The van der Waals surface area contributed by atoms with Gasteiger partial charge in [0.1, 0.15) is 6.33 Å². The quantitative estimate of drug-likeness (QED) is 0.450. The van der Waals surface area contributed by atoms with Crippen molar-refractivity contribution in [2.75, 3.05) is 7.11 Å². The SMILES string of the molecule is COc1cc(-c2nnc3c4ccccc4c(OCc4ncn(C)n4)nn23)no1. The summed E-state index contributed by atoms with van der Waals surface area (Å²) >= 11 is 0. The largest absolute Gasteiger partial charge is 0.468 e. The topological polar surface area (TPSA) is 118 Å². The highest BCUT2D eigenvalue weighted by Crippen LogP contribution is 2.29.